The summed E-state index contributed by atoms with van der Waals surface area (Å²) in [6, 6.07) is 2.34. The molecule has 3 nitrogen and oxygen atoms in total. The van der Waals surface area contributed by atoms with Crippen LogP contribution in [0.4, 0.5) is 0 Å². The first kappa shape index (κ1) is 17.4. The molecule has 1 N–H and O–H groups in total. The highest BCUT2D eigenvalue weighted by Gasteiger charge is 2.14. The molecule has 0 saturated heterocycles. The molecule has 0 aliphatic heterocycles. The summed E-state index contributed by atoms with van der Waals surface area (Å²) in [5, 5.41) is 12.3. The molecule has 0 atom stereocenters. The van der Waals surface area contributed by atoms with Gasteiger partial charge in [0.25, 0.3) is 0 Å². The highest BCUT2D eigenvalue weighted by molar-refractivity contribution is 4.91. The Morgan fingerprint density at radius 3 is 2.44 bits per heavy atom. The van der Waals surface area contributed by atoms with Gasteiger partial charge in [-0.25, -0.2) is 0 Å². The van der Waals surface area contributed by atoms with Gasteiger partial charge in [0.2, 0.25) is 0 Å². The van der Waals surface area contributed by atoms with Gasteiger partial charge in [-0.3, -0.25) is 0 Å². The van der Waals surface area contributed by atoms with Crippen LogP contribution in [0, 0.1) is 22.7 Å². The molecule has 0 amide bonds. The summed E-state index contributed by atoms with van der Waals surface area (Å²) >= 11 is 0. The summed E-state index contributed by atoms with van der Waals surface area (Å²) in [5.41, 5.74) is -0.162. The first-order valence-corrected chi connectivity index (χ1v) is 7.17. The molecule has 3 heteroatoms. The number of nitrogens with one attached hydrogen (secondary N) is 1. The van der Waals surface area contributed by atoms with Gasteiger partial charge in [-0.2, -0.15) is 5.26 Å². The molecule has 0 aromatic rings. The zero-order chi connectivity index (χ0) is 13.9. The molecular formula is C15H30N2O. The predicted molar refractivity (Wildman–Crippen MR) is 76.4 cm³/mol. The van der Waals surface area contributed by atoms with Crippen molar-refractivity contribution in [2.45, 2.75) is 53.4 Å². The van der Waals surface area contributed by atoms with E-state index in [-0.39, 0.29) is 5.41 Å². The fourth-order valence-electron chi connectivity index (χ4n) is 1.62. The first-order chi connectivity index (χ1) is 8.48. The molecule has 0 spiro atoms. The third kappa shape index (κ3) is 11.9. The molecular weight excluding hydrogens is 224 g/mol. The van der Waals surface area contributed by atoms with Gasteiger partial charge in [0.15, 0.2) is 0 Å². The lowest BCUT2D eigenvalue weighted by Gasteiger charge is -2.14. The first-order valence-electron chi connectivity index (χ1n) is 7.17. The number of nitriles is 1. The van der Waals surface area contributed by atoms with E-state index in [1.807, 2.05) is 13.8 Å². The van der Waals surface area contributed by atoms with Crippen molar-refractivity contribution in [3.63, 3.8) is 0 Å². The normalized spacial score (nSPS) is 11.8. The van der Waals surface area contributed by atoms with Gasteiger partial charge in [0, 0.05) is 13.2 Å². The minimum absolute atomic E-state index is 0.162. The molecule has 0 bridgehead atoms. The zero-order valence-corrected chi connectivity index (χ0v) is 12.6. The van der Waals surface area contributed by atoms with Gasteiger partial charge in [-0.05, 0) is 52.1 Å². The van der Waals surface area contributed by atoms with Gasteiger partial charge >= 0.3 is 0 Å². The van der Waals surface area contributed by atoms with E-state index in [1.165, 1.54) is 0 Å². The Bertz CT molecular complexity index is 231. The van der Waals surface area contributed by atoms with Crippen LogP contribution in [-0.4, -0.2) is 26.3 Å². The van der Waals surface area contributed by atoms with E-state index >= 15 is 0 Å². The summed E-state index contributed by atoms with van der Waals surface area (Å²) < 4.78 is 5.51. The Morgan fingerprint density at radius 1 is 1.17 bits per heavy atom. The van der Waals surface area contributed by atoms with Gasteiger partial charge in [0.05, 0.1) is 11.5 Å². The minimum atomic E-state index is -0.162. The topological polar surface area (TPSA) is 45.0 Å². The lowest BCUT2D eigenvalue weighted by atomic mass is 9.89. The van der Waals surface area contributed by atoms with E-state index in [0.29, 0.717) is 5.92 Å². The molecule has 0 unspecified atom stereocenters. The molecule has 0 aliphatic carbocycles. The maximum absolute atomic E-state index is 8.88. The molecule has 0 aliphatic rings. The number of hydrogen-bond donors (Lipinski definition) is 1. The third-order valence-corrected chi connectivity index (χ3v) is 2.80. The molecule has 0 rings (SSSR count). The molecule has 0 saturated carbocycles. The van der Waals surface area contributed by atoms with E-state index in [2.05, 4.69) is 25.2 Å². The Labute approximate surface area is 113 Å². The summed E-state index contributed by atoms with van der Waals surface area (Å²) in [7, 11) is 0. The second-order valence-corrected chi connectivity index (χ2v) is 6.03. The van der Waals surface area contributed by atoms with E-state index in [1.54, 1.807) is 0 Å². The molecule has 106 valence electrons. The van der Waals surface area contributed by atoms with Gasteiger partial charge in [-0.15, -0.1) is 0 Å². The van der Waals surface area contributed by atoms with Gasteiger partial charge < -0.3 is 10.1 Å². The van der Waals surface area contributed by atoms with Crippen LogP contribution >= 0.6 is 0 Å². The third-order valence-electron chi connectivity index (χ3n) is 2.80. The van der Waals surface area contributed by atoms with Crippen LogP contribution in [0.25, 0.3) is 0 Å². The molecule has 0 aromatic heterocycles. The fraction of sp³-hybridized carbons (Fsp3) is 0.933. The van der Waals surface area contributed by atoms with Crippen LogP contribution < -0.4 is 5.32 Å². The van der Waals surface area contributed by atoms with E-state index < -0.39 is 0 Å². The largest absolute Gasteiger partial charge is 0.381 e. The summed E-state index contributed by atoms with van der Waals surface area (Å²) in [6.45, 7) is 12.1. The van der Waals surface area contributed by atoms with Gasteiger partial charge in [-0.1, -0.05) is 20.3 Å². The van der Waals surface area contributed by atoms with Gasteiger partial charge in [0.1, 0.15) is 0 Å². The second kappa shape index (κ2) is 10.3. The Kier molecular flexibility index (Phi) is 10.0. The van der Waals surface area contributed by atoms with Crippen LogP contribution in [0.1, 0.15) is 53.4 Å². The van der Waals surface area contributed by atoms with Crippen molar-refractivity contribution >= 4 is 0 Å². The summed E-state index contributed by atoms with van der Waals surface area (Å²) in [5.74, 6) is 0.626. The number of nitrogens with zero attached hydrogens (tertiary/aromatic N) is 1. The number of rotatable bonds is 11. The number of hydrogen-bond acceptors (Lipinski definition) is 3. The SMILES string of the molecule is CC(C)COCCCNCCCCC(C)(C)C#N. The van der Waals surface area contributed by atoms with Crippen molar-refractivity contribution in [2.75, 3.05) is 26.3 Å². The summed E-state index contributed by atoms with van der Waals surface area (Å²) in [6.07, 6.45) is 4.34. The highest BCUT2D eigenvalue weighted by Crippen LogP contribution is 2.21. The number of ether oxygens (including phenoxy) is 1. The maximum atomic E-state index is 8.88. The van der Waals surface area contributed by atoms with E-state index in [9.17, 15) is 0 Å². The summed E-state index contributed by atoms with van der Waals surface area (Å²) in [4.78, 5) is 0. The molecule has 0 radical (unpaired) electrons. The Hall–Kier alpha value is -0.590. The lowest BCUT2D eigenvalue weighted by molar-refractivity contribution is 0.108. The average Bonchev–Trinajstić information content (AvgIpc) is 2.31. The maximum Gasteiger partial charge on any atom is 0.0683 e. The monoisotopic (exact) mass is 254 g/mol. The van der Waals surface area contributed by atoms with E-state index in [4.69, 9.17) is 10.00 Å². The van der Waals surface area contributed by atoms with Crippen LogP contribution in [-0.2, 0) is 4.74 Å². The quantitative estimate of drug-likeness (QED) is 0.575. The van der Waals surface area contributed by atoms with Crippen molar-refractivity contribution in [3.8, 4) is 6.07 Å². The van der Waals surface area contributed by atoms with Crippen LogP contribution in [0.15, 0.2) is 0 Å². The van der Waals surface area contributed by atoms with Crippen molar-refractivity contribution in [1.82, 2.24) is 5.32 Å². The van der Waals surface area contributed by atoms with Crippen LogP contribution in [0.5, 0.6) is 0 Å². The highest BCUT2D eigenvalue weighted by atomic mass is 16.5. The van der Waals surface area contributed by atoms with Crippen molar-refractivity contribution in [3.05, 3.63) is 0 Å². The molecule has 0 aromatic carbocycles. The minimum Gasteiger partial charge on any atom is -0.381 e. The van der Waals surface area contributed by atoms with Crippen molar-refractivity contribution < 1.29 is 4.74 Å². The molecule has 18 heavy (non-hydrogen) atoms. The van der Waals surface area contributed by atoms with Crippen LogP contribution in [0.2, 0.25) is 0 Å². The smallest absolute Gasteiger partial charge is 0.0683 e. The Morgan fingerprint density at radius 2 is 1.83 bits per heavy atom. The zero-order valence-electron chi connectivity index (χ0n) is 12.6. The molecule has 0 fully saturated rings. The number of unbranched alkanes of at least 4 members (excludes halogenated alkanes) is 1. The Balaban J connectivity index is 3.15. The predicted octanol–water partition coefficient (Wildman–Crippen LogP) is 3.36. The van der Waals surface area contributed by atoms with Crippen molar-refractivity contribution in [1.29, 1.82) is 5.26 Å². The van der Waals surface area contributed by atoms with E-state index in [0.717, 1.165) is 52.0 Å². The lowest BCUT2D eigenvalue weighted by Crippen LogP contribution is -2.19. The second-order valence-electron chi connectivity index (χ2n) is 6.03. The fourth-order valence-corrected chi connectivity index (χ4v) is 1.62. The molecule has 0 heterocycles. The van der Waals surface area contributed by atoms with Crippen molar-refractivity contribution in [2.24, 2.45) is 11.3 Å². The van der Waals surface area contributed by atoms with Crippen LogP contribution in [0.3, 0.4) is 0 Å². The average molecular weight is 254 g/mol. The standard InChI is InChI=1S/C15H30N2O/c1-14(2)12-18-11-7-10-17-9-6-5-8-15(3,4)13-16/h14,17H,5-12H2,1-4H3.